The second-order valence-corrected chi connectivity index (χ2v) is 8.35. The normalized spacial score (nSPS) is 12.1. The van der Waals surface area contributed by atoms with Gasteiger partial charge in [0.15, 0.2) is 0 Å². The number of hydrogen-bond acceptors (Lipinski definition) is 4. The highest BCUT2D eigenvalue weighted by Gasteiger charge is 2.37. The van der Waals surface area contributed by atoms with E-state index in [1.54, 1.807) is 17.1 Å². The van der Waals surface area contributed by atoms with Crippen LogP contribution in [0, 0.1) is 13.8 Å². The van der Waals surface area contributed by atoms with Gasteiger partial charge in [-0.15, -0.1) is 0 Å². The lowest BCUT2D eigenvalue weighted by molar-refractivity contribution is -0.143. The largest absolute Gasteiger partial charge is 0.440 e. The molecular weight excluding hydrogens is 435 g/mol. The highest BCUT2D eigenvalue weighted by atomic mass is 19.4. The summed E-state index contributed by atoms with van der Waals surface area (Å²) < 4.78 is 39.9. The van der Waals surface area contributed by atoms with Crippen LogP contribution in [0.5, 0.6) is 0 Å². The zero-order chi connectivity index (χ0) is 24.1. The quantitative estimate of drug-likeness (QED) is 0.481. The minimum Gasteiger partial charge on any atom is -0.360 e. The third-order valence-electron chi connectivity index (χ3n) is 5.61. The Hall–Kier alpha value is -3.69. The van der Waals surface area contributed by atoms with E-state index in [2.05, 4.69) is 23.9 Å². The number of hydrogen-bond donors (Lipinski definition) is 2. The lowest BCUT2D eigenvalue weighted by Crippen LogP contribution is -2.37. The van der Waals surface area contributed by atoms with Gasteiger partial charge in [-0.1, -0.05) is 13.8 Å². The van der Waals surface area contributed by atoms with Gasteiger partial charge in [-0.05, 0) is 66.3 Å². The molecule has 3 aromatic heterocycles. The van der Waals surface area contributed by atoms with Crippen molar-refractivity contribution >= 4 is 11.0 Å². The van der Waals surface area contributed by atoms with Crippen molar-refractivity contribution in [1.29, 1.82) is 0 Å². The first kappa shape index (κ1) is 22.5. The molecule has 1 aromatic carbocycles. The van der Waals surface area contributed by atoms with Crippen molar-refractivity contribution in [2.75, 3.05) is 0 Å². The summed E-state index contributed by atoms with van der Waals surface area (Å²) in [6.07, 6.45) is -2.51. The number of aromatic nitrogens is 5. The first-order chi connectivity index (χ1) is 15.5. The SMILES string of the molecule is Cc1cc(-n2nc(C(F)(F)F)c(=O)[nH]c2=O)cc(C)c1Cc1ccc2[nH]cc(C(C)C)c2n1. The predicted molar refractivity (Wildman–Crippen MR) is 118 cm³/mol. The molecule has 0 unspecified atom stereocenters. The summed E-state index contributed by atoms with van der Waals surface area (Å²) in [7, 11) is 0. The Labute approximate surface area is 186 Å². The third kappa shape index (κ3) is 4.20. The van der Waals surface area contributed by atoms with E-state index in [1.165, 1.54) is 0 Å². The molecule has 0 bridgehead atoms. The van der Waals surface area contributed by atoms with Gasteiger partial charge in [0.05, 0.1) is 16.7 Å². The molecule has 7 nitrogen and oxygen atoms in total. The topological polar surface area (TPSA) is 96.4 Å². The van der Waals surface area contributed by atoms with Crippen molar-refractivity contribution in [2.24, 2.45) is 0 Å². The smallest absolute Gasteiger partial charge is 0.360 e. The lowest BCUT2D eigenvalue weighted by atomic mass is 9.97. The Morgan fingerprint density at radius 3 is 2.36 bits per heavy atom. The number of nitrogens with zero attached hydrogens (tertiary/aromatic N) is 3. The van der Waals surface area contributed by atoms with Crippen LogP contribution in [0.3, 0.4) is 0 Å². The number of pyridine rings is 1. The van der Waals surface area contributed by atoms with Gasteiger partial charge in [0.1, 0.15) is 0 Å². The molecule has 0 atom stereocenters. The van der Waals surface area contributed by atoms with Crippen LogP contribution in [0.25, 0.3) is 16.7 Å². The Morgan fingerprint density at radius 2 is 1.76 bits per heavy atom. The molecule has 0 spiro atoms. The van der Waals surface area contributed by atoms with E-state index in [0.717, 1.165) is 39.0 Å². The molecule has 0 fully saturated rings. The molecular formula is C23H22F3N5O2. The van der Waals surface area contributed by atoms with E-state index in [9.17, 15) is 22.8 Å². The maximum atomic E-state index is 13.1. The molecule has 33 heavy (non-hydrogen) atoms. The van der Waals surface area contributed by atoms with Crippen LogP contribution in [0.1, 0.15) is 53.4 Å². The number of aromatic amines is 2. The fraction of sp³-hybridized carbons (Fsp3) is 0.304. The van der Waals surface area contributed by atoms with E-state index in [-0.39, 0.29) is 5.69 Å². The number of H-pyrrole nitrogens is 2. The predicted octanol–water partition coefficient (Wildman–Crippen LogP) is 4.15. The van der Waals surface area contributed by atoms with Crippen molar-refractivity contribution in [2.45, 2.75) is 46.2 Å². The molecule has 0 aliphatic rings. The molecule has 0 aliphatic heterocycles. The van der Waals surface area contributed by atoms with Crippen molar-refractivity contribution < 1.29 is 13.2 Å². The van der Waals surface area contributed by atoms with Crippen LogP contribution in [0.15, 0.2) is 40.1 Å². The highest BCUT2D eigenvalue weighted by Crippen LogP contribution is 2.27. The van der Waals surface area contributed by atoms with Gasteiger partial charge in [-0.3, -0.25) is 14.8 Å². The fourth-order valence-electron chi connectivity index (χ4n) is 3.91. The maximum absolute atomic E-state index is 13.1. The molecule has 4 rings (SSSR count). The van der Waals surface area contributed by atoms with Crippen molar-refractivity contribution in [3.8, 4) is 5.69 Å². The van der Waals surface area contributed by atoms with Crippen LogP contribution in [-0.2, 0) is 12.6 Å². The van der Waals surface area contributed by atoms with E-state index >= 15 is 0 Å². The van der Waals surface area contributed by atoms with Crippen molar-refractivity contribution in [3.63, 3.8) is 0 Å². The molecule has 172 valence electrons. The van der Waals surface area contributed by atoms with Gasteiger partial charge >= 0.3 is 11.9 Å². The highest BCUT2D eigenvalue weighted by molar-refractivity contribution is 5.79. The first-order valence-electron chi connectivity index (χ1n) is 10.3. The monoisotopic (exact) mass is 457 g/mol. The van der Waals surface area contributed by atoms with E-state index in [4.69, 9.17) is 4.98 Å². The maximum Gasteiger partial charge on any atom is 0.440 e. The lowest BCUT2D eigenvalue weighted by Gasteiger charge is -2.14. The number of benzene rings is 1. The van der Waals surface area contributed by atoms with Gasteiger partial charge in [0.25, 0.3) is 5.56 Å². The average Bonchev–Trinajstić information content (AvgIpc) is 3.13. The van der Waals surface area contributed by atoms with Crippen molar-refractivity contribution in [3.05, 3.63) is 84.9 Å². The van der Waals surface area contributed by atoms with Crippen molar-refractivity contribution in [1.82, 2.24) is 24.7 Å². The second kappa shape index (κ2) is 8.02. The standard InChI is InChI=1S/C23H22F3N5O2/c1-11(2)17-10-27-18-6-5-14(28-19(17)18)9-16-12(3)7-15(8-13(16)4)31-22(33)29-21(32)20(30-31)23(24,25)26/h5-8,10-11,27H,9H2,1-4H3,(H,29,32,33). The minimum absolute atomic E-state index is 0.136. The van der Waals surface area contributed by atoms with Gasteiger partial charge in [-0.25, -0.2) is 4.79 Å². The Kier molecular flexibility index (Phi) is 5.47. The van der Waals surface area contributed by atoms with Gasteiger partial charge in [-0.2, -0.15) is 23.0 Å². The Balaban J connectivity index is 1.75. The number of nitrogens with one attached hydrogen (secondary N) is 2. The van der Waals surface area contributed by atoms with Crippen LogP contribution in [0.4, 0.5) is 13.2 Å². The molecule has 2 N–H and O–H groups in total. The van der Waals surface area contributed by atoms with Crippen LogP contribution < -0.4 is 11.2 Å². The summed E-state index contributed by atoms with van der Waals surface area (Å²) in [6.45, 7) is 7.81. The number of halogens is 3. The summed E-state index contributed by atoms with van der Waals surface area (Å²) in [5.74, 6) is 0.314. The summed E-state index contributed by atoms with van der Waals surface area (Å²) in [5, 5.41) is 3.28. The molecule has 3 heterocycles. The minimum atomic E-state index is -4.98. The summed E-state index contributed by atoms with van der Waals surface area (Å²) in [5.41, 5.74) is 2.16. The first-order valence-corrected chi connectivity index (χ1v) is 10.3. The zero-order valence-corrected chi connectivity index (χ0v) is 18.5. The van der Waals surface area contributed by atoms with Crippen LogP contribution in [-0.4, -0.2) is 24.7 Å². The Morgan fingerprint density at radius 1 is 1.09 bits per heavy atom. The van der Waals surface area contributed by atoms with Crippen LogP contribution in [0.2, 0.25) is 0 Å². The second-order valence-electron chi connectivity index (χ2n) is 8.35. The number of aryl methyl sites for hydroxylation is 2. The number of rotatable bonds is 4. The molecule has 0 radical (unpaired) electrons. The van der Waals surface area contributed by atoms with E-state index in [0.29, 0.717) is 17.0 Å². The molecule has 0 amide bonds. The number of alkyl halides is 3. The van der Waals surface area contributed by atoms with Gasteiger partial charge in [0.2, 0.25) is 5.69 Å². The molecule has 0 aliphatic carbocycles. The average molecular weight is 457 g/mol. The zero-order valence-electron chi connectivity index (χ0n) is 18.5. The number of fused-ring (bicyclic) bond motifs is 1. The van der Waals surface area contributed by atoms with Gasteiger partial charge < -0.3 is 4.98 Å². The van der Waals surface area contributed by atoms with E-state index < -0.39 is 23.1 Å². The molecule has 10 heteroatoms. The molecule has 0 saturated heterocycles. The summed E-state index contributed by atoms with van der Waals surface area (Å²) >= 11 is 0. The van der Waals surface area contributed by atoms with E-state index in [1.807, 2.05) is 32.2 Å². The molecule has 4 aromatic rings. The summed E-state index contributed by atoms with van der Waals surface area (Å²) in [4.78, 5) is 33.4. The molecule has 0 saturated carbocycles. The summed E-state index contributed by atoms with van der Waals surface area (Å²) in [6, 6.07) is 7.05. The fourth-order valence-corrected chi connectivity index (χ4v) is 3.91. The van der Waals surface area contributed by atoms with Crippen LogP contribution >= 0.6 is 0 Å². The van der Waals surface area contributed by atoms with Gasteiger partial charge in [0, 0.05) is 18.3 Å². The Bertz CT molecular complexity index is 1460. The third-order valence-corrected chi connectivity index (χ3v) is 5.61.